The van der Waals surface area contributed by atoms with Crippen molar-refractivity contribution in [1.82, 2.24) is 4.98 Å². The first-order chi connectivity index (χ1) is 10.7. The zero-order valence-electron chi connectivity index (χ0n) is 12.5. The molecule has 0 amide bonds. The Kier molecular flexibility index (Phi) is 5.15. The lowest BCUT2D eigenvalue weighted by Gasteiger charge is -2.12. The largest absolute Gasteiger partial charge is 0.354 e. The molecule has 1 heterocycles. The highest BCUT2D eigenvalue weighted by Crippen LogP contribution is 2.30. The van der Waals surface area contributed by atoms with E-state index in [9.17, 15) is 9.65 Å². The first-order valence-electron chi connectivity index (χ1n) is 7.06. The highest BCUT2D eigenvalue weighted by Gasteiger charge is 2.11. The number of anilines is 2. The molecule has 0 saturated carbocycles. The fourth-order valence-corrected chi connectivity index (χ4v) is 2.42. The Labute approximate surface area is 140 Å². The Balaban J connectivity index is 0.00000192. The van der Waals surface area contributed by atoms with Gasteiger partial charge in [-0.05, 0) is 30.2 Å². The summed E-state index contributed by atoms with van der Waals surface area (Å²) in [6.45, 7) is 2.08. The lowest BCUT2D eigenvalue weighted by molar-refractivity contribution is 0.637. The first-order valence-corrected chi connectivity index (χ1v) is 7.06. The van der Waals surface area contributed by atoms with E-state index in [1.54, 1.807) is 12.1 Å². The molecule has 0 radical (unpaired) electrons. The maximum atomic E-state index is 13.9. The minimum absolute atomic E-state index is 0. The quantitative estimate of drug-likeness (QED) is 0.738. The average molecular weight is 328 g/mol. The summed E-state index contributed by atoms with van der Waals surface area (Å²) in [5, 5.41) is 13.1. The molecule has 0 saturated heterocycles. The second kappa shape index (κ2) is 7.08. The number of hydrogen-bond donors (Lipinski definition) is 1. The number of nitrogens with one attached hydrogen (secondary N) is 1. The number of para-hydroxylation sites is 1. The third-order valence-corrected chi connectivity index (χ3v) is 3.57. The average Bonchev–Trinajstić information content (AvgIpc) is 2.56. The van der Waals surface area contributed by atoms with Crippen molar-refractivity contribution in [2.24, 2.45) is 0 Å². The summed E-state index contributed by atoms with van der Waals surface area (Å²) in [5.41, 5.74) is 3.29. The number of nitrogens with zero attached hydrogens (tertiary/aromatic N) is 2. The number of fused-ring (bicyclic) bond motifs is 1. The van der Waals surface area contributed by atoms with Crippen molar-refractivity contribution in [2.75, 3.05) is 5.32 Å². The Morgan fingerprint density at radius 2 is 2.00 bits per heavy atom. The van der Waals surface area contributed by atoms with E-state index >= 15 is 0 Å². The summed E-state index contributed by atoms with van der Waals surface area (Å²) in [5.74, 6) is -0.396. The van der Waals surface area contributed by atoms with E-state index in [-0.39, 0.29) is 17.9 Å². The summed E-state index contributed by atoms with van der Waals surface area (Å²) < 4.78 is 13.9. The van der Waals surface area contributed by atoms with Gasteiger partial charge < -0.3 is 5.32 Å². The van der Waals surface area contributed by atoms with Gasteiger partial charge >= 0.3 is 0 Å². The molecule has 3 rings (SSSR count). The molecule has 116 valence electrons. The van der Waals surface area contributed by atoms with Gasteiger partial charge in [0.2, 0.25) is 0 Å². The van der Waals surface area contributed by atoms with E-state index in [0.717, 1.165) is 12.1 Å². The number of hydrogen-bond acceptors (Lipinski definition) is 3. The van der Waals surface area contributed by atoms with Crippen LogP contribution in [-0.2, 0) is 6.42 Å². The van der Waals surface area contributed by atoms with Crippen molar-refractivity contribution in [3.63, 3.8) is 0 Å². The standard InChI is InChI=1S/C18H14FN3.ClH/c1-2-12-5-3-6-14(9-12)22-17-13(10-20)11-21-18-15(17)7-4-8-16(18)19;/h3-9,11H,2H2,1H3,(H,21,22);1H. The van der Waals surface area contributed by atoms with Crippen LogP contribution in [0.5, 0.6) is 0 Å². The van der Waals surface area contributed by atoms with Gasteiger partial charge in [-0.2, -0.15) is 5.26 Å². The monoisotopic (exact) mass is 327 g/mol. The molecule has 3 aromatic rings. The number of nitriles is 1. The maximum Gasteiger partial charge on any atom is 0.149 e. The summed E-state index contributed by atoms with van der Waals surface area (Å²) in [4.78, 5) is 4.05. The molecular weight excluding hydrogens is 313 g/mol. The SMILES string of the molecule is CCc1cccc(Nc2c(C#N)cnc3c(F)cccc23)c1.Cl. The van der Waals surface area contributed by atoms with Crippen LogP contribution < -0.4 is 5.32 Å². The van der Waals surface area contributed by atoms with Crippen LogP contribution >= 0.6 is 12.4 Å². The van der Waals surface area contributed by atoms with Gasteiger partial charge in [-0.1, -0.05) is 31.2 Å². The van der Waals surface area contributed by atoms with E-state index in [4.69, 9.17) is 0 Å². The van der Waals surface area contributed by atoms with E-state index in [0.29, 0.717) is 16.6 Å². The molecule has 0 aliphatic carbocycles. The highest BCUT2D eigenvalue weighted by atomic mass is 35.5. The van der Waals surface area contributed by atoms with Gasteiger partial charge in [-0.25, -0.2) is 4.39 Å². The lowest BCUT2D eigenvalue weighted by Crippen LogP contribution is -1.98. The van der Waals surface area contributed by atoms with Gasteiger partial charge in [0.05, 0.1) is 11.3 Å². The van der Waals surface area contributed by atoms with Gasteiger partial charge in [-0.15, -0.1) is 12.4 Å². The Morgan fingerprint density at radius 1 is 1.22 bits per heavy atom. The number of pyridine rings is 1. The molecule has 0 aliphatic heterocycles. The van der Waals surface area contributed by atoms with Crippen LogP contribution in [0.25, 0.3) is 10.9 Å². The highest BCUT2D eigenvalue weighted by molar-refractivity contribution is 5.96. The Bertz CT molecular complexity index is 887. The summed E-state index contributed by atoms with van der Waals surface area (Å²) in [6, 6.07) is 14.8. The van der Waals surface area contributed by atoms with Crippen molar-refractivity contribution >= 4 is 34.7 Å². The second-order valence-electron chi connectivity index (χ2n) is 4.97. The van der Waals surface area contributed by atoms with E-state index < -0.39 is 5.82 Å². The van der Waals surface area contributed by atoms with Gasteiger partial charge in [-0.3, -0.25) is 4.98 Å². The van der Waals surface area contributed by atoms with Crippen molar-refractivity contribution in [3.05, 3.63) is 65.6 Å². The minimum atomic E-state index is -0.396. The van der Waals surface area contributed by atoms with Crippen LogP contribution in [0, 0.1) is 17.1 Å². The Morgan fingerprint density at radius 3 is 2.74 bits per heavy atom. The molecule has 3 nitrogen and oxygen atoms in total. The van der Waals surface area contributed by atoms with Crippen molar-refractivity contribution < 1.29 is 4.39 Å². The zero-order valence-corrected chi connectivity index (χ0v) is 13.3. The van der Waals surface area contributed by atoms with Crippen LogP contribution in [0.2, 0.25) is 0 Å². The third kappa shape index (κ3) is 3.25. The van der Waals surface area contributed by atoms with Crippen molar-refractivity contribution in [3.8, 4) is 6.07 Å². The van der Waals surface area contributed by atoms with Gasteiger partial charge in [0.1, 0.15) is 17.4 Å². The van der Waals surface area contributed by atoms with Crippen LogP contribution in [-0.4, -0.2) is 4.98 Å². The molecule has 2 aromatic carbocycles. The molecule has 23 heavy (non-hydrogen) atoms. The topological polar surface area (TPSA) is 48.7 Å². The lowest BCUT2D eigenvalue weighted by atomic mass is 10.1. The predicted octanol–water partition coefficient (Wildman–Crippen LogP) is 4.97. The molecular formula is C18H15ClFN3. The van der Waals surface area contributed by atoms with E-state index in [1.165, 1.54) is 17.8 Å². The summed E-state index contributed by atoms with van der Waals surface area (Å²) in [7, 11) is 0. The smallest absolute Gasteiger partial charge is 0.149 e. The zero-order chi connectivity index (χ0) is 15.5. The van der Waals surface area contributed by atoms with Gasteiger partial charge in [0, 0.05) is 17.3 Å². The summed E-state index contributed by atoms with van der Waals surface area (Å²) in [6.07, 6.45) is 2.32. The van der Waals surface area contributed by atoms with Crippen molar-refractivity contribution in [2.45, 2.75) is 13.3 Å². The van der Waals surface area contributed by atoms with Crippen LogP contribution in [0.3, 0.4) is 0 Å². The number of aromatic nitrogens is 1. The van der Waals surface area contributed by atoms with E-state index in [2.05, 4.69) is 23.3 Å². The normalized spacial score (nSPS) is 9.96. The number of halogens is 2. The molecule has 0 spiro atoms. The van der Waals surface area contributed by atoms with Crippen LogP contribution in [0.4, 0.5) is 15.8 Å². The minimum Gasteiger partial charge on any atom is -0.354 e. The Hall–Kier alpha value is -2.64. The molecule has 5 heteroatoms. The molecule has 0 aliphatic rings. The molecule has 0 unspecified atom stereocenters. The first kappa shape index (κ1) is 16.7. The fraction of sp³-hybridized carbons (Fsp3) is 0.111. The van der Waals surface area contributed by atoms with Crippen molar-refractivity contribution in [1.29, 1.82) is 5.26 Å². The fourth-order valence-electron chi connectivity index (χ4n) is 2.42. The molecule has 1 aromatic heterocycles. The number of benzene rings is 2. The maximum absolute atomic E-state index is 13.9. The van der Waals surface area contributed by atoms with Crippen LogP contribution in [0.1, 0.15) is 18.1 Å². The molecule has 0 fully saturated rings. The van der Waals surface area contributed by atoms with Crippen LogP contribution in [0.15, 0.2) is 48.7 Å². The second-order valence-corrected chi connectivity index (χ2v) is 4.97. The molecule has 1 N–H and O–H groups in total. The summed E-state index contributed by atoms with van der Waals surface area (Å²) >= 11 is 0. The van der Waals surface area contributed by atoms with Gasteiger partial charge in [0.15, 0.2) is 0 Å². The number of rotatable bonds is 3. The molecule has 0 bridgehead atoms. The molecule has 0 atom stereocenters. The number of aryl methyl sites for hydroxylation is 1. The van der Waals surface area contributed by atoms with Gasteiger partial charge in [0.25, 0.3) is 0 Å². The van der Waals surface area contributed by atoms with E-state index in [1.807, 2.05) is 24.3 Å². The third-order valence-electron chi connectivity index (χ3n) is 3.57. The predicted molar refractivity (Wildman–Crippen MR) is 92.8 cm³/mol.